The SMILES string of the molecule is CCCCS[C@H](C)C(=O)N[C@@H](C)c1nnnn1-c1ccccc1. The molecule has 1 N–H and O–H groups in total. The van der Waals surface area contributed by atoms with Crippen LogP contribution >= 0.6 is 11.8 Å². The normalized spacial score (nSPS) is 13.5. The number of carbonyl (C=O) groups is 1. The number of aromatic nitrogens is 4. The van der Waals surface area contributed by atoms with Crippen molar-refractivity contribution in [2.24, 2.45) is 0 Å². The standard InChI is InChI=1S/C16H23N5OS/c1-4-5-11-23-13(3)16(22)17-12(2)15-18-19-20-21(15)14-9-7-6-8-10-14/h6-10,12-13H,4-5,11H2,1-3H3,(H,17,22)/t12-,13+/m0/s1. The van der Waals surface area contributed by atoms with Gasteiger partial charge in [0.05, 0.1) is 17.0 Å². The van der Waals surface area contributed by atoms with Crippen LogP contribution < -0.4 is 5.32 Å². The number of hydrogen-bond donors (Lipinski definition) is 1. The first-order valence-corrected chi connectivity index (χ1v) is 8.94. The van der Waals surface area contributed by atoms with Crippen LogP contribution in [-0.2, 0) is 4.79 Å². The fourth-order valence-electron chi connectivity index (χ4n) is 2.09. The average molecular weight is 333 g/mol. The molecular weight excluding hydrogens is 310 g/mol. The van der Waals surface area contributed by atoms with E-state index >= 15 is 0 Å². The van der Waals surface area contributed by atoms with Gasteiger partial charge in [-0.05, 0) is 48.6 Å². The number of thioether (sulfide) groups is 1. The van der Waals surface area contributed by atoms with Crippen LogP contribution in [0.1, 0.15) is 45.5 Å². The molecule has 7 heteroatoms. The second kappa shape index (κ2) is 8.67. The van der Waals surface area contributed by atoms with E-state index in [1.807, 2.05) is 44.2 Å². The van der Waals surface area contributed by atoms with E-state index in [0.29, 0.717) is 5.82 Å². The Balaban J connectivity index is 2.00. The monoisotopic (exact) mass is 333 g/mol. The lowest BCUT2D eigenvalue weighted by Gasteiger charge is -2.17. The molecule has 2 atom stereocenters. The lowest BCUT2D eigenvalue weighted by Crippen LogP contribution is -2.34. The number of para-hydroxylation sites is 1. The van der Waals surface area contributed by atoms with Gasteiger partial charge in [-0.1, -0.05) is 31.5 Å². The Morgan fingerprint density at radius 3 is 2.74 bits per heavy atom. The summed E-state index contributed by atoms with van der Waals surface area (Å²) in [6.45, 7) is 5.98. The highest BCUT2D eigenvalue weighted by atomic mass is 32.2. The first-order valence-electron chi connectivity index (χ1n) is 7.89. The van der Waals surface area contributed by atoms with Crippen molar-refractivity contribution in [3.8, 4) is 5.69 Å². The Kier molecular flexibility index (Phi) is 6.58. The molecule has 0 saturated carbocycles. The lowest BCUT2D eigenvalue weighted by molar-refractivity contribution is -0.121. The summed E-state index contributed by atoms with van der Waals surface area (Å²) in [6, 6.07) is 9.39. The van der Waals surface area contributed by atoms with Crippen LogP contribution in [0.15, 0.2) is 30.3 Å². The highest BCUT2D eigenvalue weighted by molar-refractivity contribution is 8.00. The number of hydrogen-bond acceptors (Lipinski definition) is 5. The quantitative estimate of drug-likeness (QED) is 0.752. The predicted octanol–water partition coefficient (Wildman–Crippen LogP) is 2.76. The van der Waals surface area contributed by atoms with Crippen molar-refractivity contribution in [2.75, 3.05) is 5.75 Å². The van der Waals surface area contributed by atoms with Gasteiger partial charge in [0.15, 0.2) is 5.82 Å². The van der Waals surface area contributed by atoms with Crippen LogP contribution in [0.5, 0.6) is 0 Å². The van der Waals surface area contributed by atoms with E-state index in [1.54, 1.807) is 16.4 Å². The van der Waals surface area contributed by atoms with E-state index in [-0.39, 0.29) is 17.2 Å². The summed E-state index contributed by atoms with van der Waals surface area (Å²) >= 11 is 1.68. The molecule has 2 rings (SSSR count). The van der Waals surface area contributed by atoms with Gasteiger partial charge < -0.3 is 5.32 Å². The molecule has 0 aliphatic rings. The van der Waals surface area contributed by atoms with Crippen LogP contribution in [0.2, 0.25) is 0 Å². The Morgan fingerprint density at radius 2 is 2.04 bits per heavy atom. The van der Waals surface area contributed by atoms with Crippen molar-refractivity contribution in [3.05, 3.63) is 36.2 Å². The topological polar surface area (TPSA) is 72.7 Å². The Bertz CT molecular complexity index is 616. The molecule has 1 aromatic carbocycles. The molecule has 0 aliphatic carbocycles. The molecule has 23 heavy (non-hydrogen) atoms. The fourth-order valence-corrected chi connectivity index (χ4v) is 3.12. The van der Waals surface area contributed by atoms with Crippen molar-refractivity contribution in [1.29, 1.82) is 0 Å². The molecule has 1 heterocycles. The number of nitrogens with zero attached hydrogens (tertiary/aromatic N) is 4. The lowest BCUT2D eigenvalue weighted by atomic mass is 10.2. The van der Waals surface area contributed by atoms with Gasteiger partial charge in [0, 0.05) is 0 Å². The van der Waals surface area contributed by atoms with E-state index in [2.05, 4.69) is 27.8 Å². The Hall–Kier alpha value is -1.89. The summed E-state index contributed by atoms with van der Waals surface area (Å²) < 4.78 is 1.65. The number of benzene rings is 1. The maximum Gasteiger partial charge on any atom is 0.233 e. The van der Waals surface area contributed by atoms with Crippen LogP contribution in [-0.4, -0.2) is 37.1 Å². The summed E-state index contributed by atoms with van der Waals surface area (Å²) in [6.07, 6.45) is 2.27. The minimum Gasteiger partial charge on any atom is -0.345 e. The third-order valence-corrected chi connectivity index (χ3v) is 4.71. The maximum absolute atomic E-state index is 12.3. The van der Waals surface area contributed by atoms with E-state index in [0.717, 1.165) is 24.3 Å². The molecule has 124 valence electrons. The van der Waals surface area contributed by atoms with Crippen LogP contribution in [0.25, 0.3) is 5.69 Å². The van der Waals surface area contributed by atoms with Crippen LogP contribution in [0.3, 0.4) is 0 Å². The van der Waals surface area contributed by atoms with Crippen molar-refractivity contribution >= 4 is 17.7 Å². The van der Waals surface area contributed by atoms with Crippen LogP contribution in [0, 0.1) is 0 Å². The maximum atomic E-state index is 12.3. The van der Waals surface area contributed by atoms with E-state index < -0.39 is 0 Å². The number of unbranched alkanes of at least 4 members (excludes halogenated alkanes) is 1. The predicted molar refractivity (Wildman–Crippen MR) is 92.5 cm³/mol. The van der Waals surface area contributed by atoms with Gasteiger partial charge in [-0.2, -0.15) is 4.68 Å². The zero-order chi connectivity index (χ0) is 16.7. The van der Waals surface area contributed by atoms with Gasteiger partial charge in [0.2, 0.25) is 5.91 Å². The minimum absolute atomic E-state index is 0.0150. The Morgan fingerprint density at radius 1 is 1.30 bits per heavy atom. The number of rotatable bonds is 8. The molecule has 0 unspecified atom stereocenters. The highest BCUT2D eigenvalue weighted by Crippen LogP contribution is 2.17. The van der Waals surface area contributed by atoms with Gasteiger partial charge >= 0.3 is 0 Å². The van der Waals surface area contributed by atoms with Gasteiger partial charge in [-0.25, -0.2) is 0 Å². The number of nitrogens with one attached hydrogen (secondary N) is 1. The van der Waals surface area contributed by atoms with Gasteiger partial charge in [-0.3, -0.25) is 4.79 Å². The van der Waals surface area contributed by atoms with Crippen molar-refractivity contribution in [2.45, 2.75) is 44.9 Å². The molecule has 1 amide bonds. The summed E-state index contributed by atoms with van der Waals surface area (Å²) in [5, 5.41) is 14.7. The fraction of sp³-hybridized carbons (Fsp3) is 0.500. The summed E-state index contributed by atoms with van der Waals surface area (Å²) in [5.74, 6) is 1.64. The van der Waals surface area contributed by atoms with Gasteiger partial charge in [-0.15, -0.1) is 16.9 Å². The van der Waals surface area contributed by atoms with Crippen molar-refractivity contribution < 1.29 is 4.79 Å². The van der Waals surface area contributed by atoms with Gasteiger partial charge in [0.1, 0.15) is 0 Å². The first kappa shape index (κ1) is 17.5. The summed E-state index contributed by atoms with van der Waals surface area (Å²) in [5.41, 5.74) is 0.874. The second-order valence-corrected chi connectivity index (χ2v) is 6.83. The van der Waals surface area contributed by atoms with Gasteiger partial charge in [0.25, 0.3) is 0 Å². The minimum atomic E-state index is -0.257. The molecular formula is C16H23N5OS. The van der Waals surface area contributed by atoms with E-state index in [4.69, 9.17) is 0 Å². The molecule has 0 radical (unpaired) electrons. The third kappa shape index (κ3) is 4.79. The highest BCUT2D eigenvalue weighted by Gasteiger charge is 2.20. The molecule has 0 fully saturated rings. The average Bonchev–Trinajstić information content (AvgIpc) is 3.05. The zero-order valence-corrected chi connectivity index (χ0v) is 14.6. The van der Waals surface area contributed by atoms with Crippen molar-refractivity contribution in [3.63, 3.8) is 0 Å². The molecule has 2 aromatic rings. The first-order chi connectivity index (χ1) is 11.1. The van der Waals surface area contributed by atoms with Crippen LogP contribution in [0.4, 0.5) is 0 Å². The van der Waals surface area contributed by atoms with E-state index in [1.165, 1.54) is 0 Å². The zero-order valence-electron chi connectivity index (χ0n) is 13.8. The molecule has 0 saturated heterocycles. The van der Waals surface area contributed by atoms with E-state index in [9.17, 15) is 4.79 Å². The Labute approximate surface area is 141 Å². The third-order valence-electron chi connectivity index (χ3n) is 3.48. The smallest absolute Gasteiger partial charge is 0.233 e. The molecule has 0 spiro atoms. The summed E-state index contributed by atoms with van der Waals surface area (Å²) in [7, 11) is 0. The largest absolute Gasteiger partial charge is 0.345 e. The molecule has 1 aromatic heterocycles. The number of carbonyl (C=O) groups excluding carboxylic acids is 1. The second-order valence-electron chi connectivity index (χ2n) is 5.38. The summed E-state index contributed by atoms with van der Waals surface area (Å²) in [4.78, 5) is 12.3. The molecule has 6 nitrogen and oxygen atoms in total. The molecule has 0 bridgehead atoms. The van der Waals surface area contributed by atoms with Crippen molar-refractivity contribution in [1.82, 2.24) is 25.5 Å². The molecule has 0 aliphatic heterocycles. The number of tetrazole rings is 1. The number of amides is 1.